The predicted octanol–water partition coefficient (Wildman–Crippen LogP) is 2.73. The van der Waals surface area contributed by atoms with E-state index < -0.39 is 0 Å². The molecule has 4 heteroatoms. The number of benzene rings is 1. The van der Waals surface area contributed by atoms with Gasteiger partial charge in [-0.1, -0.05) is 6.92 Å². The summed E-state index contributed by atoms with van der Waals surface area (Å²) in [6.07, 6.45) is 0.937. The number of rotatable bonds is 2. The van der Waals surface area contributed by atoms with Crippen molar-refractivity contribution in [2.45, 2.75) is 26.3 Å². The van der Waals surface area contributed by atoms with Crippen LogP contribution >= 0.6 is 0 Å². The molecule has 0 saturated heterocycles. The maximum absolute atomic E-state index is 13.1. The van der Waals surface area contributed by atoms with Gasteiger partial charge >= 0.3 is 0 Å². The molecule has 0 fully saturated rings. The van der Waals surface area contributed by atoms with Crippen LogP contribution < -0.4 is 5.73 Å². The lowest BCUT2D eigenvalue weighted by Gasteiger charge is -2.13. The number of hydrogen-bond acceptors (Lipinski definition) is 2. The molecular formula is C11H14FN3. The molecule has 2 aromatic rings. The zero-order chi connectivity index (χ0) is 11.0. The summed E-state index contributed by atoms with van der Waals surface area (Å²) >= 11 is 0. The first-order chi connectivity index (χ1) is 7.13. The van der Waals surface area contributed by atoms with Crippen molar-refractivity contribution in [2.75, 3.05) is 5.73 Å². The average Bonchev–Trinajstić information content (AvgIpc) is 2.52. The van der Waals surface area contributed by atoms with Crippen molar-refractivity contribution in [1.82, 2.24) is 9.55 Å². The van der Waals surface area contributed by atoms with Gasteiger partial charge < -0.3 is 10.3 Å². The molecule has 0 amide bonds. The van der Waals surface area contributed by atoms with E-state index in [0.29, 0.717) is 5.95 Å². The van der Waals surface area contributed by atoms with Crippen LogP contribution in [-0.4, -0.2) is 9.55 Å². The Hall–Kier alpha value is -1.58. The third-order valence-electron chi connectivity index (χ3n) is 2.71. The van der Waals surface area contributed by atoms with Gasteiger partial charge in [-0.3, -0.25) is 0 Å². The number of halogens is 1. The maximum atomic E-state index is 13.1. The summed E-state index contributed by atoms with van der Waals surface area (Å²) in [5.41, 5.74) is 7.32. The van der Waals surface area contributed by atoms with Crippen LogP contribution in [0.1, 0.15) is 26.3 Å². The number of nitrogen functional groups attached to an aromatic ring is 1. The second kappa shape index (κ2) is 3.53. The highest BCUT2D eigenvalue weighted by Crippen LogP contribution is 2.24. The van der Waals surface area contributed by atoms with Crippen LogP contribution in [0.2, 0.25) is 0 Å². The normalized spacial score (nSPS) is 13.3. The minimum absolute atomic E-state index is 0.233. The van der Waals surface area contributed by atoms with Crippen molar-refractivity contribution < 1.29 is 4.39 Å². The fraction of sp³-hybridized carbons (Fsp3) is 0.364. The van der Waals surface area contributed by atoms with Gasteiger partial charge in [0.15, 0.2) is 0 Å². The number of hydrogen-bond donors (Lipinski definition) is 1. The van der Waals surface area contributed by atoms with Crippen molar-refractivity contribution in [3.05, 3.63) is 24.0 Å². The minimum Gasteiger partial charge on any atom is -0.369 e. The van der Waals surface area contributed by atoms with E-state index in [9.17, 15) is 4.39 Å². The molecule has 0 aliphatic rings. The highest BCUT2D eigenvalue weighted by molar-refractivity contribution is 5.78. The summed E-state index contributed by atoms with van der Waals surface area (Å²) in [6.45, 7) is 4.11. The Labute approximate surface area is 87.7 Å². The molecule has 0 saturated carbocycles. The van der Waals surface area contributed by atoms with Crippen molar-refractivity contribution >= 4 is 17.0 Å². The molecule has 2 N–H and O–H groups in total. The van der Waals surface area contributed by atoms with Gasteiger partial charge in [0.05, 0.1) is 11.0 Å². The van der Waals surface area contributed by atoms with E-state index in [1.165, 1.54) is 12.1 Å². The van der Waals surface area contributed by atoms with Crippen molar-refractivity contribution in [3.8, 4) is 0 Å². The van der Waals surface area contributed by atoms with Gasteiger partial charge in [0.25, 0.3) is 0 Å². The molecule has 1 heterocycles. The molecule has 0 aliphatic carbocycles. The van der Waals surface area contributed by atoms with Crippen LogP contribution in [0, 0.1) is 5.82 Å². The molecule has 0 bridgehead atoms. The van der Waals surface area contributed by atoms with Crippen LogP contribution in [0.25, 0.3) is 11.0 Å². The third-order valence-corrected chi connectivity index (χ3v) is 2.71. The SMILES string of the molecule is CCC(C)n1c(N)nc2ccc(F)cc21. The largest absolute Gasteiger partial charge is 0.369 e. The summed E-state index contributed by atoms with van der Waals surface area (Å²) in [5, 5.41) is 0. The molecular weight excluding hydrogens is 193 g/mol. The van der Waals surface area contributed by atoms with E-state index in [2.05, 4.69) is 11.9 Å². The van der Waals surface area contributed by atoms with Crippen molar-refractivity contribution in [3.63, 3.8) is 0 Å². The molecule has 15 heavy (non-hydrogen) atoms. The first-order valence-corrected chi connectivity index (χ1v) is 5.06. The second-order valence-corrected chi connectivity index (χ2v) is 3.73. The Morgan fingerprint density at radius 3 is 2.93 bits per heavy atom. The number of imidazole rings is 1. The summed E-state index contributed by atoms with van der Waals surface area (Å²) < 4.78 is 15.0. The van der Waals surface area contributed by atoms with Crippen LogP contribution in [0.5, 0.6) is 0 Å². The zero-order valence-corrected chi connectivity index (χ0v) is 8.87. The molecule has 1 aromatic carbocycles. The lowest BCUT2D eigenvalue weighted by atomic mass is 10.2. The lowest BCUT2D eigenvalue weighted by molar-refractivity contribution is 0.550. The summed E-state index contributed by atoms with van der Waals surface area (Å²) in [7, 11) is 0. The molecule has 0 aliphatic heterocycles. The Bertz CT molecular complexity index is 490. The number of nitrogens with two attached hydrogens (primary N) is 1. The maximum Gasteiger partial charge on any atom is 0.201 e. The number of nitrogens with zero attached hydrogens (tertiary/aromatic N) is 2. The van der Waals surface area contributed by atoms with Crippen molar-refractivity contribution in [1.29, 1.82) is 0 Å². The first kappa shape index (κ1) is 9.96. The number of fused-ring (bicyclic) bond motifs is 1. The van der Waals surface area contributed by atoms with Gasteiger partial charge in [-0.2, -0.15) is 0 Å². The summed E-state index contributed by atoms with van der Waals surface area (Å²) in [6, 6.07) is 4.76. The standard InChI is InChI=1S/C11H14FN3/c1-3-7(2)15-10-6-8(12)4-5-9(10)14-11(15)13/h4-7H,3H2,1-2H3,(H2,13,14). The Morgan fingerprint density at radius 2 is 2.27 bits per heavy atom. The fourth-order valence-corrected chi connectivity index (χ4v) is 1.73. The average molecular weight is 207 g/mol. The van der Waals surface area contributed by atoms with Gasteiger partial charge in [0.1, 0.15) is 5.82 Å². The van der Waals surface area contributed by atoms with Gasteiger partial charge in [-0.25, -0.2) is 9.37 Å². The van der Waals surface area contributed by atoms with E-state index in [-0.39, 0.29) is 11.9 Å². The van der Waals surface area contributed by atoms with E-state index in [4.69, 9.17) is 5.73 Å². The van der Waals surface area contributed by atoms with E-state index >= 15 is 0 Å². The van der Waals surface area contributed by atoms with E-state index in [0.717, 1.165) is 17.5 Å². The summed E-state index contributed by atoms with van der Waals surface area (Å²) in [4.78, 5) is 4.20. The zero-order valence-electron chi connectivity index (χ0n) is 8.87. The van der Waals surface area contributed by atoms with Crippen LogP contribution in [-0.2, 0) is 0 Å². The fourth-order valence-electron chi connectivity index (χ4n) is 1.73. The number of aromatic nitrogens is 2. The molecule has 2 rings (SSSR count). The third kappa shape index (κ3) is 1.56. The summed E-state index contributed by atoms with van der Waals surface area (Å²) in [5.74, 6) is 0.192. The van der Waals surface area contributed by atoms with E-state index in [1.807, 2.05) is 11.5 Å². The highest BCUT2D eigenvalue weighted by atomic mass is 19.1. The quantitative estimate of drug-likeness (QED) is 0.822. The molecule has 3 nitrogen and oxygen atoms in total. The first-order valence-electron chi connectivity index (χ1n) is 5.06. The van der Waals surface area contributed by atoms with Gasteiger partial charge in [0, 0.05) is 6.04 Å². The monoisotopic (exact) mass is 207 g/mol. The van der Waals surface area contributed by atoms with E-state index in [1.54, 1.807) is 6.07 Å². The molecule has 1 aromatic heterocycles. The molecule has 0 radical (unpaired) electrons. The molecule has 1 atom stereocenters. The number of anilines is 1. The lowest BCUT2D eigenvalue weighted by Crippen LogP contribution is -2.07. The molecule has 0 spiro atoms. The predicted molar refractivity (Wildman–Crippen MR) is 59.1 cm³/mol. The van der Waals surface area contributed by atoms with Gasteiger partial charge in [-0.05, 0) is 31.5 Å². The van der Waals surface area contributed by atoms with Gasteiger partial charge in [0.2, 0.25) is 5.95 Å². The van der Waals surface area contributed by atoms with Crippen molar-refractivity contribution in [2.24, 2.45) is 0 Å². The van der Waals surface area contributed by atoms with Crippen LogP contribution in [0.15, 0.2) is 18.2 Å². The minimum atomic E-state index is -0.257. The van der Waals surface area contributed by atoms with Crippen LogP contribution in [0.4, 0.5) is 10.3 Å². The smallest absolute Gasteiger partial charge is 0.201 e. The van der Waals surface area contributed by atoms with Crippen LogP contribution in [0.3, 0.4) is 0 Å². The Kier molecular flexibility index (Phi) is 2.34. The molecule has 80 valence electrons. The Morgan fingerprint density at radius 1 is 1.53 bits per heavy atom. The Balaban J connectivity index is 2.70. The molecule has 1 unspecified atom stereocenters. The van der Waals surface area contributed by atoms with Gasteiger partial charge in [-0.15, -0.1) is 0 Å². The highest BCUT2D eigenvalue weighted by Gasteiger charge is 2.12. The topological polar surface area (TPSA) is 43.8 Å². The second-order valence-electron chi connectivity index (χ2n) is 3.73.